The Kier molecular flexibility index (Phi) is 8.82. The normalized spacial score (nSPS) is 15.1. The van der Waals surface area contributed by atoms with Crippen LogP contribution in [-0.4, -0.2) is 38.7 Å². The number of hydrogen-bond acceptors (Lipinski definition) is 5. The Morgan fingerprint density at radius 3 is 2.36 bits per heavy atom. The fraction of sp³-hybridized carbons (Fsp3) is 0.400. The zero-order valence-corrected chi connectivity index (χ0v) is 21.1. The lowest BCUT2D eigenvalue weighted by molar-refractivity contribution is -0.140. The van der Waals surface area contributed by atoms with E-state index in [-0.39, 0.29) is 36.9 Å². The molecule has 1 saturated carbocycles. The number of carbonyl (C=O) groups excluding carboxylic acids is 2. The molecule has 0 radical (unpaired) electrons. The van der Waals surface area contributed by atoms with Crippen molar-refractivity contribution in [1.82, 2.24) is 5.32 Å². The number of fused-ring (bicyclic) bond motifs is 1. The second-order valence-electron chi connectivity index (χ2n) is 9.42. The van der Waals surface area contributed by atoms with Crippen molar-refractivity contribution in [1.29, 1.82) is 0 Å². The third-order valence-electron chi connectivity index (χ3n) is 6.92. The fourth-order valence-corrected chi connectivity index (χ4v) is 4.93. The quantitative estimate of drug-likeness (QED) is 0.306. The van der Waals surface area contributed by atoms with Crippen molar-refractivity contribution in [2.45, 2.75) is 56.9 Å². The number of hydrogen-bond donors (Lipinski definition) is 1. The first kappa shape index (κ1) is 25.5. The molecule has 1 amide bonds. The Morgan fingerprint density at radius 2 is 1.61 bits per heavy atom. The van der Waals surface area contributed by atoms with Crippen molar-refractivity contribution in [3.8, 4) is 11.5 Å². The first-order valence-corrected chi connectivity index (χ1v) is 12.7. The molecule has 0 bridgehead atoms. The third kappa shape index (κ3) is 6.78. The van der Waals surface area contributed by atoms with Crippen LogP contribution in [-0.2, 0) is 14.3 Å². The second-order valence-corrected chi connectivity index (χ2v) is 9.42. The number of methoxy groups -OCH3 is 2. The monoisotopic (exact) mass is 489 g/mol. The molecule has 6 nitrogen and oxygen atoms in total. The van der Waals surface area contributed by atoms with Crippen LogP contribution in [0.4, 0.5) is 0 Å². The minimum atomic E-state index is -0.278. The van der Waals surface area contributed by atoms with Crippen molar-refractivity contribution in [2.24, 2.45) is 0 Å². The molecule has 0 aliphatic heterocycles. The van der Waals surface area contributed by atoms with Crippen molar-refractivity contribution in [3.05, 3.63) is 71.8 Å². The SMILES string of the molecule is COC(=O)CC(c1cccc(OC)c1)c1ccc2ccc(OCC(=O)NC3CCCCCC3)cc2c1. The van der Waals surface area contributed by atoms with Crippen LogP contribution in [0.15, 0.2) is 60.7 Å². The minimum absolute atomic E-state index is 0.00350. The maximum absolute atomic E-state index is 12.5. The fourth-order valence-electron chi connectivity index (χ4n) is 4.93. The molecule has 4 rings (SSSR count). The maximum Gasteiger partial charge on any atom is 0.306 e. The maximum atomic E-state index is 12.5. The molecule has 1 fully saturated rings. The van der Waals surface area contributed by atoms with Gasteiger partial charge in [-0.2, -0.15) is 0 Å². The highest BCUT2D eigenvalue weighted by Gasteiger charge is 2.20. The van der Waals surface area contributed by atoms with E-state index >= 15 is 0 Å². The van der Waals surface area contributed by atoms with Gasteiger partial charge in [-0.05, 0) is 59.0 Å². The summed E-state index contributed by atoms with van der Waals surface area (Å²) in [5, 5.41) is 5.15. The molecule has 1 N–H and O–H groups in total. The number of ether oxygens (including phenoxy) is 3. The van der Waals surface area contributed by atoms with Gasteiger partial charge in [-0.3, -0.25) is 9.59 Å². The predicted molar refractivity (Wildman–Crippen MR) is 141 cm³/mol. The van der Waals surface area contributed by atoms with E-state index < -0.39 is 0 Å². The van der Waals surface area contributed by atoms with Crippen molar-refractivity contribution < 1.29 is 23.8 Å². The van der Waals surface area contributed by atoms with E-state index in [0.29, 0.717) is 5.75 Å². The molecule has 0 aromatic heterocycles. The summed E-state index contributed by atoms with van der Waals surface area (Å²) in [4.78, 5) is 24.7. The van der Waals surface area contributed by atoms with Gasteiger partial charge in [-0.15, -0.1) is 0 Å². The Morgan fingerprint density at radius 1 is 0.861 bits per heavy atom. The molecule has 3 aromatic rings. The van der Waals surface area contributed by atoms with E-state index in [9.17, 15) is 9.59 Å². The lowest BCUT2D eigenvalue weighted by Crippen LogP contribution is -2.37. The van der Waals surface area contributed by atoms with Gasteiger partial charge in [0.1, 0.15) is 11.5 Å². The summed E-state index contributed by atoms with van der Waals surface area (Å²) < 4.78 is 16.2. The molecule has 1 aliphatic carbocycles. The number of nitrogens with one attached hydrogen (secondary N) is 1. The molecule has 1 atom stereocenters. The molecule has 190 valence electrons. The van der Waals surface area contributed by atoms with E-state index in [4.69, 9.17) is 14.2 Å². The first-order chi connectivity index (χ1) is 17.6. The second kappa shape index (κ2) is 12.4. The predicted octanol–water partition coefficient (Wildman–Crippen LogP) is 5.76. The summed E-state index contributed by atoms with van der Waals surface area (Å²) >= 11 is 0. The van der Waals surface area contributed by atoms with Gasteiger partial charge in [-0.1, -0.05) is 62.1 Å². The van der Waals surface area contributed by atoms with Crippen LogP contribution in [0.3, 0.4) is 0 Å². The highest BCUT2D eigenvalue weighted by Crippen LogP contribution is 2.33. The van der Waals surface area contributed by atoms with Crippen LogP contribution in [0.2, 0.25) is 0 Å². The van der Waals surface area contributed by atoms with Crippen LogP contribution in [0.5, 0.6) is 11.5 Å². The summed E-state index contributed by atoms with van der Waals surface area (Å²) in [5.74, 6) is 0.834. The van der Waals surface area contributed by atoms with Gasteiger partial charge in [0.05, 0.1) is 20.6 Å². The van der Waals surface area contributed by atoms with Crippen molar-refractivity contribution >= 4 is 22.6 Å². The molecule has 36 heavy (non-hydrogen) atoms. The van der Waals surface area contributed by atoms with Crippen LogP contribution in [0, 0.1) is 0 Å². The van der Waals surface area contributed by atoms with Gasteiger partial charge >= 0.3 is 5.97 Å². The van der Waals surface area contributed by atoms with Crippen molar-refractivity contribution in [2.75, 3.05) is 20.8 Å². The van der Waals surface area contributed by atoms with Crippen LogP contribution in [0.25, 0.3) is 10.8 Å². The third-order valence-corrected chi connectivity index (χ3v) is 6.92. The number of esters is 1. The number of benzene rings is 3. The summed E-state index contributed by atoms with van der Waals surface area (Å²) in [6.07, 6.45) is 7.15. The lowest BCUT2D eigenvalue weighted by atomic mass is 9.87. The van der Waals surface area contributed by atoms with E-state index in [1.807, 2.05) is 54.6 Å². The molecule has 3 aromatic carbocycles. The zero-order valence-electron chi connectivity index (χ0n) is 21.1. The Balaban J connectivity index is 1.51. The number of rotatable bonds is 9. The van der Waals surface area contributed by atoms with Crippen molar-refractivity contribution in [3.63, 3.8) is 0 Å². The van der Waals surface area contributed by atoms with Crippen LogP contribution in [0.1, 0.15) is 62.0 Å². The van der Waals surface area contributed by atoms with E-state index in [1.165, 1.54) is 32.8 Å². The first-order valence-electron chi connectivity index (χ1n) is 12.7. The van der Waals surface area contributed by atoms with E-state index in [0.717, 1.165) is 40.5 Å². The Bertz CT molecular complexity index is 1180. The van der Waals surface area contributed by atoms with Gasteiger partial charge < -0.3 is 19.5 Å². The van der Waals surface area contributed by atoms with Gasteiger partial charge in [0.25, 0.3) is 5.91 Å². The van der Waals surface area contributed by atoms with E-state index in [1.54, 1.807) is 7.11 Å². The largest absolute Gasteiger partial charge is 0.497 e. The molecule has 1 unspecified atom stereocenters. The average molecular weight is 490 g/mol. The molecular weight excluding hydrogens is 454 g/mol. The summed E-state index contributed by atoms with van der Waals surface area (Å²) in [7, 11) is 3.03. The summed E-state index contributed by atoms with van der Waals surface area (Å²) in [5.41, 5.74) is 1.96. The molecule has 1 aliphatic rings. The summed E-state index contributed by atoms with van der Waals surface area (Å²) in [6.45, 7) is -0.00350. The van der Waals surface area contributed by atoms with Gasteiger partial charge in [-0.25, -0.2) is 0 Å². The topological polar surface area (TPSA) is 73.9 Å². The van der Waals surface area contributed by atoms with E-state index in [2.05, 4.69) is 11.4 Å². The average Bonchev–Trinajstić information content (AvgIpc) is 3.18. The Labute approximate surface area is 212 Å². The highest BCUT2D eigenvalue weighted by atomic mass is 16.5. The number of amides is 1. The molecule has 0 heterocycles. The molecule has 0 spiro atoms. The highest BCUT2D eigenvalue weighted by molar-refractivity contribution is 5.85. The Hall–Kier alpha value is -3.54. The molecule has 0 saturated heterocycles. The minimum Gasteiger partial charge on any atom is -0.497 e. The zero-order chi connectivity index (χ0) is 25.3. The smallest absolute Gasteiger partial charge is 0.306 e. The number of carbonyl (C=O) groups is 2. The standard InChI is InChI=1S/C30H35NO5/c1-34-26-11-7-8-22(17-26)28(19-30(33)35-2)23-13-12-21-14-15-27(18-24(21)16-23)36-20-29(32)31-25-9-5-3-4-6-10-25/h7-8,11-18,25,28H,3-6,9-10,19-20H2,1-2H3,(H,31,32). The molecular formula is C30H35NO5. The van der Waals surface area contributed by atoms with Gasteiger partial charge in [0, 0.05) is 12.0 Å². The van der Waals surface area contributed by atoms with Crippen LogP contribution < -0.4 is 14.8 Å². The molecule has 6 heteroatoms. The van der Waals surface area contributed by atoms with Gasteiger partial charge in [0.2, 0.25) is 0 Å². The summed E-state index contributed by atoms with van der Waals surface area (Å²) in [6, 6.07) is 20.0. The van der Waals surface area contributed by atoms with Crippen LogP contribution >= 0.6 is 0 Å². The van der Waals surface area contributed by atoms with Gasteiger partial charge in [0.15, 0.2) is 6.61 Å². The lowest BCUT2D eigenvalue weighted by Gasteiger charge is -2.19.